The van der Waals surface area contributed by atoms with E-state index in [0.717, 1.165) is 40.9 Å². The summed E-state index contributed by atoms with van der Waals surface area (Å²) in [6.07, 6.45) is 2.13. The maximum absolute atomic E-state index is 13.1. The predicted molar refractivity (Wildman–Crippen MR) is 141 cm³/mol. The van der Waals surface area contributed by atoms with Gasteiger partial charge >= 0.3 is 0 Å². The van der Waals surface area contributed by atoms with E-state index < -0.39 is 0 Å². The van der Waals surface area contributed by atoms with E-state index in [0.29, 0.717) is 18.5 Å². The number of anilines is 2. The fourth-order valence-electron chi connectivity index (χ4n) is 4.82. The molecule has 0 saturated heterocycles. The molecule has 0 spiro atoms. The SMILES string of the molecule is O=C(CC(c1ccccc1)c1ccccc1)Nc1ccc2c(c1)CCCN2C(=O)c1ccccc1. The van der Waals surface area contributed by atoms with Crippen LogP contribution in [-0.2, 0) is 11.2 Å². The maximum Gasteiger partial charge on any atom is 0.258 e. The molecule has 0 bridgehead atoms. The van der Waals surface area contributed by atoms with Crippen LogP contribution < -0.4 is 10.2 Å². The van der Waals surface area contributed by atoms with Crippen LogP contribution in [0.15, 0.2) is 109 Å². The Labute approximate surface area is 206 Å². The molecule has 4 nitrogen and oxygen atoms in total. The van der Waals surface area contributed by atoms with Crippen LogP contribution in [0.1, 0.15) is 45.8 Å². The monoisotopic (exact) mass is 460 g/mol. The van der Waals surface area contributed by atoms with E-state index in [1.54, 1.807) is 0 Å². The fourth-order valence-corrected chi connectivity index (χ4v) is 4.82. The molecule has 5 rings (SSSR count). The van der Waals surface area contributed by atoms with Gasteiger partial charge in [-0.3, -0.25) is 9.59 Å². The number of fused-ring (bicyclic) bond motifs is 1. The zero-order chi connectivity index (χ0) is 24.0. The summed E-state index contributed by atoms with van der Waals surface area (Å²) in [5.74, 6) is -0.0402. The first-order chi connectivity index (χ1) is 17.2. The third-order valence-electron chi connectivity index (χ3n) is 6.54. The number of carbonyl (C=O) groups is 2. The minimum Gasteiger partial charge on any atom is -0.326 e. The maximum atomic E-state index is 13.1. The van der Waals surface area contributed by atoms with Crippen LogP contribution in [0.3, 0.4) is 0 Å². The lowest BCUT2D eigenvalue weighted by Crippen LogP contribution is -2.35. The highest BCUT2D eigenvalue weighted by molar-refractivity contribution is 6.07. The Morgan fingerprint density at radius 3 is 2.00 bits per heavy atom. The van der Waals surface area contributed by atoms with Crippen molar-refractivity contribution in [1.29, 1.82) is 0 Å². The van der Waals surface area contributed by atoms with Crippen molar-refractivity contribution >= 4 is 23.2 Å². The molecule has 2 amide bonds. The molecule has 4 aromatic rings. The highest BCUT2D eigenvalue weighted by Gasteiger charge is 2.24. The quantitative estimate of drug-likeness (QED) is 0.360. The standard InChI is InChI=1S/C31H28N2O2/c34-30(22-28(23-11-4-1-5-12-23)24-13-6-2-7-14-24)32-27-18-19-29-26(21-27)17-10-20-33(29)31(35)25-15-8-3-9-16-25/h1-9,11-16,18-19,21,28H,10,17,20,22H2,(H,32,34). The number of nitrogens with zero attached hydrogens (tertiary/aromatic N) is 1. The van der Waals surface area contributed by atoms with Gasteiger partial charge in [0.2, 0.25) is 5.91 Å². The highest BCUT2D eigenvalue weighted by Crippen LogP contribution is 2.32. The van der Waals surface area contributed by atoms with Crippen molar-refractivity contribution in [1.82, 2.24) is 0 Å². The molecule has 1 aliphatic rings. The van der Waals surface area contributed by atoms with E-state index in [2.05, 4.69) is 29.6 Å². The number of benzene rings is 4. The third kappa shape index (κ3) is 5.17. The van der Waals surface area contributed by atoms with Crippen molar-refractivity contribution in [3.8, 4) is 0 Å². The summed E-state index contributed by atoms with van der Waals surface area (Å²) in [5, 5.41) is 3.10. The van der Waals surface area contributed by atoms with Crippen molar-refractivity contribution in [2.24, 2.45) is 0 Å². The van der Waals surface area contributed by atoms with Crippen molar-refractivity contribution < 1.29 is 9.59 Å². The number of aryl methyl sites for hydroxylation is 1. The molecule has 1 heterocycles. The van der Waals surface area contributed by atoms with E-state index in [-0.39, 0.29) is 17.7 Å². The predicted octanol–water partition coefficient (Wildman–Crippen LogP) is 6.44. The van der Waals surface area contributed by atoms with Gasteiger partial charge in [0.1, 0.15) is 0 Å². The Morgan fingerprint density at radius 1 is 0.771 bits per heavy atom. The zero-order valence-electron chi connectivity index (χ0n) is 19.6. The number of rotatable bonds is 6. The molecule has 0 unspecified atom stereocenters. The van der Waals surface area contributed by atoms with Crippen LogP contribution in [-0.4, -0.2) is 18.4 Å². The van der Waals surface area contributed by atoms with E-state index >= 15 is 0 Å². The van der Waals surface area contributed by atoms with E-state index in [4.69, 9.17) is 0 Å². The van der Waals surface area contributed by atoms with Gasteiger partial charge in [-0.1, -0.05) is 78.9 Å². The topological polar surface area (TPSA) is 49.4 Å². The number of hydrogen-bond acceptors (Lipinski definition) is 2. The second-order valence-electron chi connectivity index (χ2n) is 8.90. The second kappa shape index (κ2) is 10.4. The van der Waals surface area contributed by atoms with Gasteiger partial charge in [0.05, 0.1) is 0 Å². The minimum absolute atomic E-state index is 0.0110. The Morgan fingerprint density at radius 2 is 1.37 bits per heavy atom. The molecular weight excluding hydrogens is 432 g/mol. The van der Waals surface area contributed by atoms with Crippen LogP contribution in [0, 0.1) is 0 Å². The lowest BCUT2D eigenvalue weighted by molar-refractivity contribution is -0.116. The van der Waals surface area contributed by atoms with Gasteiger partial charge in [-0.05, 0) is 59.9 Å². The molecule has 0 aromatic heterocycles. The largest absolute Gasteiger partial charge is 0.326 e. The van der Waals surface area contributed by atoms with Crippen LogP contribution in [0.5, 0.6) is 0 Å². The summed E-state index contributed by atoms with van der Waals surface area (Å²) in [6, 6.07) is 35.5. The molecule has 0 atom stereocenters. The van der Waals surface area contributed by atoms with Crippen LogP contribution in [0.25, 0.3) is 0 Å². The van der Waals surface area contributed by atoms with Crippen molar-refractivity contribution in [3.05, 3.63) is 131 Å². The van der Waals surface area contributed by atoms with Gasteiger partial charge in [-0.15, -0.1) is 0 Å². The van der Waals surface area contributed by atoms with E-state index in [1.807, 2.05) is 89.8 Å². The summed E-state index contributed by atoms with van der Waals surface area (Å²) in [7, 11) is 0. The Bertz CT molecular complexity index is 1260. The summed E-state index contributed by atoms with van der Waals surface area (Å²) in [4.78, 5) is 28.0. The average Bonchev–Trinajstić information content (AvgIpc) is 2.92. The van der Waals surface area contributed by atoms with Crippen molar-refractivity contribution in [2.45, 2.75) is 25.2 Å². The highest BCUT2D eigenvalue weighted by atomic mass is 16.2. The first-order valence-electron chi connectivity index (χ1n) is 12.1. The number of carbonyl (C=O) groups excluding carboxylic acids is 2. The molecule has 174 valence electrons. The Balaban J connectivity index is 1.33. The first kappa shape index (κ1) is 22.6. The molecule has 0 fully saturated rings. The van der Waals surface area contributed by atoms with E-state index in [9.17, 15) is 9.59 Å². The zero-order valence-corrected chi connectivity index (χ0v) is 19.6. The average molecular weight is 461 g/mol. The van der Waals surface area contributed by atoms with Crippen molar-refractivity contribution in [3.63, 3.8) is 0 Å². The van der Waals surface area contributed by atoms with Gasteiger partial charge < -0.3 is 10.2 Å². The van der Waals surface area contributed by atoms with Gasteiger partial charge in [-0.25, -0.2) is 0 Å². The minimum atomic E-state index is -0.0318. The van der Waals surface area contributed by atoms with Gasteiger partial charge in [0, 0.05) is 35.8 Å². The van der Waals surface area contributed by atoms with Crippen LogP contribution in [0.4, 0.5) is 11.4 Å². The smallest absolute Gasteiger partial charge is 0.258 e. The van der Waals surface area contributed by atoms with E-state index in [1.165, 1.54) is 0 Å². The molecule has 0 aliphatic carbocycles. The Kier molecular flexibility index (Phi) is 6.71. The Hall–Kier alpha value is -4.18. The molecule has 4 aromatic carbocycles. The summed E-state index contributed by atoms with van der Waals surface area (Å²) in [5.41, 5.74) is 5.70. The molecular formula is C31H28N2O2. The molecule has 0 saturated carbocycles. The lowest BCUT2D eigenvalue weighted by Gasteiger charge is -2.30. The van der Waals surface area contributed by atoms with Crippen LogP contribution in [0.2, 0.25) is 0 Å². The fraction of sp³-hybridized carbons (Fsp3) is 0.161. The van der Waals surface area contributed by atoms with Crippen LogP contribution >= 0.6 is 0 Å². The number of nitrogens with one attached hydrogen (secondary N) is 1. The lowest BCUT2D eigenvalue weighted by atomic mass is 9.88. The van der Waals surface area contributed by atoms with Gasteiger partial charge in [0.15, 0.2) is 0 Å². The number of amides is 2. The molecule has 1 N–H and O–H groups in total. The molecule has 4 heteroatoms. The van der Waals surface area contributed by atoms with Gasteiger partial charge in [0.25, 0.3) is 5.91 Å². The second-order valence-corrected chi connectivity index (χ2v) is 8.90. The summed E-state index contributed by atoms with van der Waals surface area (Å²) in [6.45, 7) is 0.697. The van der Waals surface area contributed by atoms with Gasteiger partial charge in [-0.2, -0.15) is 0 Å². The summed E-state index contributed by atoms with van der Waals surface area (Å²) >= 11 is 0. The number of hydrogen-bond donors (Lipinski definition) is 1. The molecule has 35 heavy (non-hydrogen) atoms. The third-order valence-corrected chi connectivity index (χ3v) is 6.54. The van der Waals surface area contributed by atoms with Crippen molar-refractivity contribution in [2.75, 3.05) is 16.8 Å². The molecule has 0 radical (unpaired) electrons. The summed E-state index contributed by atoms with van der Waals surface area (Å²) < 4.78 is 0. The normalized spacial score (nSPS) is 12.8. The molecule has 1 aliphatic heterocycles. The first-order valence-corrected chi connectivity index (χ1v) is 12.1.